The number of hydrogen-bond donors (Lipinski definition) is 0. The Hall–Kier alpha value is -2.30. The molecule has 34 heavy (non-hydrogen) atoms. The number of carbonyl (C=O) groups is 1. The Morgan fingerprint density at radius 3 is 2.15 bits per heavy atom. The molecule has 0 saturated carbocycles. The first-order chi connectivity index (χ1) is 16.4. The molecule has 0 aliphatic carbocycles. The molecular weight excluding hydrogens is 460 g/mol. The smallest absolute Gasteiger partial charge is 0.338 e. The van der Waals surface area contributed by atoms with E-state index < -0.39 is 10.1 Å². The molecule has 0 aliphatic rings. The Labute approximate surface area is 202 Å². The summed E-state index contributed by atoms with van der Waals surface area (Å²) >= 11 is 0. The summed E-state index contributed by atoms with van der Waals surface area (Å²) in [6.07, 6.45) is 1.83. The third-order valence-electron chi connectivity index (χ3n) is 4.68. The average molecular weight is 495 g/mol. The molecule has 0 spiro atoms. The van der Waals surface area contributed by atoms with Gasteiger partial charge in [0.25, 0.3) is 10.1 Å². The Morgan fingerprint density at radius 2 is 1.47 bits per heavy atom. The van der Waals surface area contributed by atoms with Gasteiger partial charge in [0, 0.05) is 0 Å². The molecule has 0 aliphatic heterocycles. The highest BCUT2D eigenvalue weighted by atomic mass is 32.2. The van der Waals surface area contributed by atoms with Crippen LogP contribution in [-0.2, 0) is 39.9 Å². The van der Waals surface area contributed by atoms with E-state index in [0.717, 1.165) is 24.0 Å². The summed E-state index contributed by atoms with van der Waals surface area (Å²) in [5.41, 5.74) is 2.37. The lowest BCUT2D eigenvalue weighted by Gasteiger charge is -2.09. The second-order valence-electron chi connectivity index (χ2n) is 7.56. The highest BCUT2D eigenvalue weighted by Gasteiger charge is 2.14. The molecule has 8 nitrogen and oxygen atoms in total. The maximum Gasteiger partial charge on any atom is 0.338 e. The van der Waals surface area contributed by atoms with E-state index in [1.807, 2.05) is 19.9 Å². The van der Waals surface area contributed by atoms with E-state index in [1.54, 1.807) is 30.3 Å². The first kappa shape index (κ1) is 27.9. The molecular formula is C25H34O8S. The number of benzene rings is 2. The van der Waals surface area contributed by atoms with Crippen LogP contribution in [0.15, 0.2) is 53.4 Å². The zero-order valence-corrected chi connectivity index (χ0v) is 20.7. The minimum absolute atomic E-state index is 0.0649. The van der Waals surface area contributed by atoms with Crippen molar-refractivity contribution in [3.63, 3.8) is 0 Å². The summed E-state index contributed by atoms with van der Waals surface area (Å²) in [6.45, 7) is 6.24. The van der Waals surface area contributed by atoms with Gasteiger partial charge in [-0.15, -0.1) is 0 Å². The number of aryl methyl sites for hydroxylation is 1. The quantitative estimate of drug-likeness (QED) is 0.186. The van der Waals surface area contributed by atoms with Crippen LogP contribution < -0.4 is 0 Å². The molecule has 0 aromatic heterocycles. The summed E-state index contributed by atoms with van der Waals surface area (Å²) in [4.78, 5) is 12.1. The summed E-state index contributed by atoms with van der Waals surface area (Å²) in [7, 11) is -3.77. The van der Waals surface area contributed by atoms with Crippen molar-refractivity contribution >= 4 is 16.1 Å². The van der Waals surface area contributed by atoms with Crippen LogP contribution in [0.5, 0.6) is 0 Å². The Morgan fingerprint density at radius 1 is 0.824 bits per heavy atom. The van der Waals surface area contributed by atoms with Gasteiger partial charge in [-0.05, 0) is 43.2 Å². The van der Waals surface area contributed by atoms with Crippen LogP contribution in [0.25, 0.3) is 0 Å². The van der Waals surface area contributed by atoms with Crippen LogP contribution in [-0.4, -0.2) is 60.6 Å². The molecule has 0 radical (unpaired) electrons. The van der Waals surface area contributed by atoms with Gasteiger partial charge in [0.05, 0.1) is 63.3 Å². The normalized spacial score (nSPS) is 11.5. The second kappa shape index (κ2) is 15.6. The van der Waals surface area contributed by atoms with E-state index >= 15 is 0 Å². The van der Waals surface area contributed by atoms with E-state index in [-0.39, 0.29) is 24.1 Å². The number of hydrogen-bond acceptors (Lipinski definition) is 8. The van der Waals surface area contributed by atoms with Gasteiger partial charge >= 0.3 is 5.97 Å². The van der Waals surface area contributed by atoms with Gasteiger partial charge < -0.3 is 18.9 Å². The van der Waals surface area contributed by atoms with Crippen molar-refractivity contribution in [1.82, 2.24) is 0 Å². The van der Waals surface area contributed by atoms with Gasteiger partial charge in [-0.1, -0.05) is 43.2 Å². The fourth-order valence-electron chi connectivity index (χ4n) is 2.79. The third-order valence-corrected chi connectivity index (χ3v) is 6.01. The molecule has 0 amide bonds. The van der Waals surface area contributed by atoms with E-state index in [2.05, 4.69) is 0 Å². The van der Waals surface area contributed by atoms with Crippen molar-refractivity contribution in [2.24, 2.45) is 0 Å². The van der Waals surface area contributed by atoms with Gasteiger partial charge in [0.15, 0.2) is 0 Å². The summed E-state index contributed by atoms with van der Waals surface area (Å²) < 4.78 is 50.6. The van der Waals surface area contributed by atoms with Gasteiger partial charge in [-0.3, -0.25) is 4.18 Å². The van der Waals surface area contributed by atoms with Gasteiger partial charge in [0.1, 0.15) is 0 Å². The van der Waals surface area contributed by atoms with Crippen molar-refractivity contribution in [3.8, 4) is 0 Å². The Balaban J connectivity index is 1.50. The molecule has 0 fully saturated rings. The van der Waals surface area contributed by atoms with Crippen LogP contribution in [0.4, 0.5) is 0 Å². The number of carbonyl (C=O) groups excluding carboxylic acids is 1. The standard InChI is InChI=1S/C25H34O8S/c1-3-4-12-32-25(26)23-7-5-6-22(19-23)20-31-16-15-29-13-14-30-17-18-33-34(27,28)24-10-8-21(2)9-11-24/h5-11,19H,3-4,12-18,20H2,1-2H3. The Bertz CT molecular complexity index is 957. The SMILES string of the molecule is CCCCOC(=O)c1cccc(COCCOCCOCCOS(=O)(=O)c2ccc(C)cc2)c1. The molecule has 0 heterocycles. The third kappa shape index (κ3) is 10.8. The molecule has 188 valence electrons. The zero-order chi connectivity index (χ0) is 24.7. The maximum atomic E-state index is 12.0. The highest BCUT2D eigenvalue weighted by molar-refractivity contribution is 7.86. The van der Waals surface area contributed by atoms with Crippen molar-refractivity contribution < 1.29 is 36.3 Å². The maximum absolute atomic E-state index is 12.0. The van der Waals surface area contributed by atoms with E-state index in [0.29, 0.717) is 45.2 Å². The molecule has 2 aromatic carbocycles. The molecule has 0 bridgehead atoms. The number of rotatable bonds is 17. The van der Waals surface area contributed by atoms with Gasteiger partial charge in [-0.25, -0.2) is 4.79 Å². The van der Waals surface area contributed by atoms with E-state index in [1.165, 1.54) is 12.1 Å². The summed E-state index contributed by atoms with van der Waals surface area (Å²) in [5.74, 6) is -0.322. The van der Waals surface area contributed by atoms with Crippen LogP contribution in [0.2, 0.25) is 0 Å². The lowest BCUT2D eigenvalue weighted by atomic mass is 10.1. The van der Waals surface area contributed by atoms with E-state index in [4.69, 9.17) is 23.1 Å². The fourth-order valence-corrected chi connectivity index (χ4v) is 3.68. The van der Waals surface area contributed by atoms with Crippen molar-refractivity contribution in [2.45, 2.75) is 38.2 Å². The monoisotopic (exact) mass is 494 g/mol. The van der Waals surface area contributed by atoms with Gasteiger partial charge in [-0.2, -0.15) is 8.42 Å². The fraction of sp³-hybridized carbons (Fsp3) is 0.480. The van der Waals surface area contributed by atoms with Gasteiger partial charge in [0.2, 0.25) is 0 Å². The van der Waals surface area contributed by atoms with E-state index in [9.17, 15) is 13.2 Å². The predicted octanol–water partition coefficient (Wildman–Crippen LogP) is 3.91. The van der Waals surface area contributed by atoms with Crippen LogP contribution in [0.3, 0.4) is 0 Å². The highest BCUT2D eigenvalue weighted by Crippen LogP contribution is 2.13. The summed E-state index contributed by atoms with van der Waals surface area (Å²) in [5, 5.41) is 0. The molecule has 0 unspecified atom stereocenters. The van der Waals surface area contributed by atoms with Crippen LogP contribution in [0.1, 0.15) is 41.3 Å². The molecule has 9 heteroatoms. The molecule has 0 atom stereocenters. The van der Waals surface area contributed by atoms with Crippen LogP contribution >= 0.6 is 0 Å². The predicted molar refractivity (Wildman–Crippen MR) is 127 cm³/mol. The van der Waals surface area contributed by atoms with Crippen molar-refractivity contribution in [1.29, 1.82) is 0 Å². The average Bonchev–Trinajstić information content (AvgIpc) is 2.83. The lowest BCUT2D eigenvalue weighted by molar-refractivity contribution is 0.00626. The van der Waals surface area contributed by atoms with Crippen LogP contribution in [0, 0.1) is 6.92 Å². The zero-order valence-electron chi connectivity index (χ0n) is 19.9. The van der Waals surface area contributed by atoms with Crippen molar-refractivity contribution in [3.05, 3.63) is 65.2 Å². The number of ether oxygens (including phenoxy) is 4. The summed E-state index contributed by atoms with van der Waals surface area (Å²) in [6, 6.07) is 13.7. The molecule has 2 rings (SSSR count). The molecule has 2 aromatic rings. The topological polar surface area (TPSA) is 97.4 Å². The van der Waals surface area contributed by atoms with Crippen molar-refractivity contribution in [2.75, 3.05) is 46.2 Å². The number of esters is 1. The minimum atomic E-state index is -3.77. The molecule has 0 N–H and O–H groups in total. The second-order valence-corrected chi connectivity index (χ2v) is 9.17. The first-order valence-electron chi connectivity index (χ1n) is 11.4. The first-order valence-corrected chi connectivity index (χ1v) is 12.8. The Kier molecular flexibility index (Phi) is 12.8. The number of unbranched alkanes of at least 4 members (excludes halogenated alkanes) is 1. The molecule has 0 saturated heterocycles. The minimum Gasteiger partial charge on any atom is -0.462 e. The largest absolute Gasteiger partial charge is 0.462 e. The lowest BCUT2D eigenvalue weighted by Crippen LogP contribution is -2.14.